The van der Waals surface area contributed by atoms with Crippen LogP contribution in [0.15, 0.2) is 47.5 Å². The largest absolute Gasteiger partial charge is 0.464 e. The van der Waals surface area contributed by atoms with E-state index < -0.39 is 16.0 Å². The minimum absolute atomic E-state index is 0. The average Bonchev–Trinajstić information content (AvgIpc) is 3.22. The first kappa shape index (κ1) is 19.5. The van der Waals surface area contributed by atoms with Gasteiger partial charge in [0.05, 0.1) is 7.11 Å². The molecule has 0 unspecified atom stereocenters. The highest BCUT2D eigenvalue weighted by molar-refractivity contribution is 7.89. The van der Waals surface area contributed by atoms with Gasteiger partial charge in [-0.1, -0.05) is 30.3 Å². The van der Waals surface area contributed by atoms with Crippen molar-refractivity contribution >= 4 is 28.4 Å². The average molecular weight is 386 g/mol. The minimum Gasteiger partial charge on any atom is -0.464 e. The fourth-order valence-electron chi connectivity index (χ4n) is 2.94. The molecule has 1 aromatic carbocycles. The third-order valence-electron chi connectivity index (χ3n) is 4.26. The third kappa shape index (κ3) is 3.72. The molecule has 2 atom stereocenters. The van der Waals surface area contributed by atoms with Gasteiger partial charge in [0.25, 0.3) is 0 Å². The lowest BCUT2D eigenvalue weighted by Gasteiger charge is -2.15. The summed E-state index contributed by atoms with van der Waals surface area (Å²) in [7, 11) is -2.48. The molecule has 1 saturated heterocycles. The number of nitrogens with zero attached hydrogens (tertiary/aromatic N) is 1. The van der Waals surface area contributed by atoms with Crippen LogP contribution in [0, 0.1) is 0 Å². The van der Waals surface area contributed by atoms with E-state index in [9.17, 15) is 13.2 Å². The van der Waals surface area contributed by atoms with E-state index in [1.165, 1.54) is 23.7 Å². The Kier molecular flexibility index (Phi) is 5.89. The van der Waals surface area contributed by atoms with E-state index in [1.54, 1.807) is 0 Å². The molecular formula is C16H20ClN3O4S. The number of aromatic amines is 1. The summed E-state index contributed by atoms with van der Waals surface area (Å²) < 4.78 is 31.5. The van der Waals surface area contributed by atoms with Gasteiger partial charge in [0, 0.05) is 31.2 Å². The monoisotopic (exact) mass is 385 g/mol. The van der Waals surface area contributed by atoms with Crippen LogP contribution in [0.1, 0.15) is 22.0 Å². The van der Waals surface area contributed by atoms with Gasteiger partial charge in [-0.3, -0.25) is 0 Å². The zero-order valence-corrected chi connectivity index (χ0v) is 15.2. The van der Waals surface area contributed by atoms with Gasteiger partial charge in [-0.15, -0.1) is 12.4 Å². The molecule has 0 bridgehead atoms. The number of methoxy groups -OCH3 is 1. The number of benzene rings is 1. The number of halogens is 1. The summed E-state index contributed by atoms with van der Waals surface area (Å²) in [6.45, 7) is 0.548. The Balaban J connectivity index is 0.00000225. The molecule has 2 aromatic rings. The molecule has 0 spiro atoms. The Morgan fingerprint density at radius 3 is 2.60 bits per heavy atom. The summed E-state index contributed by atoms with van der Waals surface area (Å²) in [4.78, 5) is 14.1. The van der Waals surface area contributed by atoms with Crippen LogP contribution in [0.3, 0.4) is 0 Å². The maximum absolute atomic E-state index is 12.8. The summed E-state index contributed by atoms with van der Waals surface area (Å²) in [5.74, 6) is -0.670. The molecule has 0 saturated carbocycles. The van der Waals surface area contributed by atoms with Gasteiger partial charge in [0.15, 0.2) is 0 Å². The number of sulfonamides is 1. The number of H-pyrrole nitrogens is 1. The lowest BCUT2D eigenvalue weighted by atomic mass is 9.95. The van der Waals surface area contributed by atoms with Crippen LogP contribution in [0.2, 0.25) is 0 Å². The van der Waals surface area contributed by atoms with E-state index in [4.69, 9.17) is 5.73 Å². The normalized spacial score (nSPS) is 20.9. The van der Waals surface area contributed by atoms with Crippen LogP contribution in [-0.2, 0) is 14.8 Å². The zero-order valence-electron chi connectivity index (χ0n) is 13.6. The third-order valence-corrected chi connectivity index (χ3v) is 6.07. The van der Waals surface area contributed by atoms with E-state index in [1.807, 2.05) is 30.3 Å². The lowest BCUT2D eigenvalue weighted by molar-refractivity contribution is 0.0594. The van der Waals surface area contributed by atoms with Crippen molar-refractivity contribution in [3.63, 3.8) is 0 Å². The van der Waals surface area contributed by atoms with Crippen LogP contribution in [0.5, 0.6) is 0 Å². The molecule has 0 radical (unpaired) electrons. The number of hydrogen-bond donors (Lipinski definition) is 2. The highest BCUT2D eigenvalue weighted by atomic mass is 35.5. The van der Waals surface area contributed by atoms with Crippen molar-refractivity contribution in [1.82, 2.24) is 9.29 Å². The molecule has 136 valence electrons. The second kappa shape index (κ2) is 7.57. The van der Waals surface area contributed by atoms with Gasteiger partial charge in [0.2, 0.25) is 10.0 Å². The predicted octanol–water partition coefficient (Wildman–Crippen LogP) is 1.34. The van der Waals surface area contributed by atoms with Crippen molar-refractivity contribution in [3.05, 3.63) is 53.9 Å². The topological polar surface area (TPSA) is 105 Å². The van der Waals surface area contributed by atoms with Gasteiger partial charge in [-0.2, -0.15) is 4.31 Å². The number of nitrogens with two attached hydrogens (primary N) is 1. The van der Waals surface area contributed by atoms with Crippen molar-refractivity contribution in [3.8, 4) is 0 Å². The van der Waals surface area contributed by atoms with Crippen molar-refractivity contribution < 1.29 is 17.9 Å². The summed E-state index contributed by atoms with van der Waals surface area (Å²) in [6.07, 6.45) is 1.29. The number of nitrogens with one attached hydrogen (secondary N) is 1. The van der Waals surface area contributed by atoms with Crippen LogP contribution >= 0.6 is 12.4 Å². The number of rotatable bonds is 4. The molecule has 9 heteroatoms. The van der Waals surface area contributed by atoms with E-state index >= 15 is 0 Å². The predicted molar refractivity (Wildman–Crippen MR) is 95.3 cm³/mol. The SMILES string of the molecule is COC(=O)c1cc(S(=O)(=O)N2C[C@@H](N)[C@H](c3ccccc3)C2)c[nH]1.Cl. The number of aromatic nitrogens is 1. The molecular weight excluding hydrogens is 366 g/mol. The fourth-order valence-corrected chi connectivity index (χ4v) is 4.44. The fraction of sp³-hybridized carbons (Fsp3) is 0.312. The first-order valence-corrected chi connectivity index (χ1v) is 8.95. The molecule has 0 amide bonds. The van der Waals surface area contributed by atoms with Gasteiger partial charge < -0.3 is 15.5 Å². The first-order valence-electron chi connectivity index (χ1n) is 7.51. The molecule has 7 nitrogen and oxygen atoms in total. The number of carbonyl (C=O) groups excluding carboxylic acids is 1. The van der Waals surface area contributed by atoms with Crippen molar-refractivity contribution in [2.24, 2.45) is 5.73 Å². The lowest BCUT2D eigenvalue weighted by Crippen LogP contribution is -2.32. The summed E-state index contributed by atoms with van der Waals surface area (Å²) >= 11 is 0. The van der Waals surface area contributed by atoms with Crippen molar-refractivity contribution in [2.45, 2.75) is 16.9 Å². The van der Waals surface area contributed by atoms with E-state index in [0.717, 1.165) is 5.56 Å². The van der Waals surface area contributed by atoms with Gasteiger partial charge in [-0.05, 0) is 11.6 Å². The van der Waals surface area contributed by atoms with Crippen LogP contribution in [0.25, 0.3) is 0 Å². The number of hydrogen-bond acceptors (Lipinski definition) is 5. The number of ether oxygens (including phenoxy) is 1. The summed E-state index contributed by atoms with van der Waals surface area (Å²) in [5, 5.41) is 0. The highest BCUT2D eigenvalue weighted by Gasteiger charge is 2.38. The highest BCUT2D eigenvalue weighted by Crippen LogP contribution is 2.30. The maximum Gasteiger partial charge on any atom is 0.354 e. The molecule has 1 aromatic heterocycles. The summed E-state index contributed by atoms with van der Waals surface area (Å²) in [5.41, 5.74) is 7.28. The Bertz CT molecular complexity index is 838. The molecule has 1 aliphatic heterocycles. The van der Waals surface area contributed by atoms with E-state index in [-0.39, 0.29) is 41.5 Å². The Morgan fingerprint density at radius 2 is 1.96 bits per heavy atom. The first-order chi connectivity index (χ1) is 11.4. The van der Waals surface area contributed by atoms with Crippen LogP contribution < -0.4 is 5.73 Å². The molecule has 3 rings (SSSR count). The molecule has 1 fully saturated rings. The van der Waals surface area contributed by atoms with Crippen molar-refractivity contribution in [2.75, 3.05) is 20.2 Å². The standard InChI is InChI=1S/C16H19N3O4S.ClH/c1-23-16(20)15-7-12(8-18-15)24(21,22)19-9-13(14(17)10-19)11-5-3-2-4-6-11;/h2-8,13-14,18H,9-10,17H2,1H3;1H/t13-,14+;/m0./s1. The second-order valence-electron chi connectivity index (χ2n) is 5.74. The molecule has 0 aliphatic carbocycles. The number of esters is 1. The zero-order chi connectivity index (χ0) is 17.3. The number of carbonyl (C=O) groups is 1. The Labute approximate surface area is 152 Å². The minimum atomic E-state index is -3.72. The Morgan fingerprint density at radius 1 is 1.28 bits per heavy atom. The molecule has 2 heterocycles. The van der Waals surface area contributed by atoms with Gasteiger partial charge in [-0.25, -0.2) is 13.2 Å². The smallest absolute Gasteiger partial charge is 0.354 e. The van der Waals surface area contributed by atoms with E-state index in [2.05, 4.69) is 9.72 Å². The quantitative estimate of drug-likeness (QED) is 0.772. The van der Waals surface area contributed by atoms with Crippen LogP contribution in [0.4, 0.5) is 0 Å². The molecule has 1 aliphatic rings. The molecule has 25 heavy (non-hydrogen) atoms. The summed E-state index contributed by atoms with van der Waals surface area (Å²) in [6, 6.07) is 10.6. The Hall–Kier alpha value is -1.87. The van der Waals surface area contributed by atoms with Crippen molar-refractivity contribution in [1.29, 1.82) is 0 Å². The molecule has 3 N–H and O–H groups in total. The second-order valence-corrected chi connectivity index (χ2v) is 7.68. The van der Waals surface area contributed by atoms with Crippen LogP contribution in [-0.4, -0.2) is 49.9 Å². The van der Waals surface area contributed by atoms with E-state index in [0.29, 0.717) is 6.54 Å². The van der Waals surface area contributed by atoms with Gasteiger partial charge >= 0.3 is 5.97 Å². The maximum atomic E-state index is 12.8. The van der Waals surface area contributed by atoms with Gasteiger partial charge in [0.1, 0.15) is 10.6 Å².